The molecule has 2 aromatic rings. The number of ether oxygens (including phenoxy) is 3. The third-order valence-electron chi connectivity index (χ3n) is 4.97. The van der Waals surface area contributed by atoms with Gasteiger partial charge in [0.05, 0.1) is 26.4 Å². The molecule has 9 nitrogen and oxygen atoms in total. The van der Waals surface area contributed by atoms with Crippen LogP contribution in [0.3, 0.4) is 0 Å². The quantitative estimate of drug-likeness (QED) is 0.259. The summed E-state index contributed by atoms with van der Waals surface area (Å²) in [5.74, 6) is -0.183. The van der Waals surface area contributed by atoms with Crippen LogP contribution in [0.1, 0.15) is 49.1 Å². The van der Waals surface area contributed by atoms with E-state index in [-0.39, 0.29) is 34.9 Å². The topological polar surface area (TPSA) is 107 Å². The standard InChI is InChI=1S/C23H24BrClN2O7/c1-5-12(3)33-20-17(32-6-2)10-13(18(24)19(20)25)9-15-21(28)27(23(30)26-15)11-14-7-8-16(34-14)22(29)31-4/h7-10,12H,5-6,11H2,1-4H3,(H,26,30)/b15-9-/t12-/m0/s1. The molecule has 2 heterocycles. The number of rotatable bonds is 9. The summed E-state index contributed by atoms with van der Waals surface area (Å²) in [5, 5.41) is 2.84. The van der Waals surface area contributed by atoms with Gasteiger partial charge in [-0.3, -0.25) is 9.69 Å². The van der Waals surface area contributed by atoms with Crippen LogP contribution in [0.15, 0.2) is 32.8 Å². The molecule has 1 atom stereocenters. The van der Waals surface area contributed by atoms with Crippen LogP contribution in [0.2, 0.25) is 5.02 Å². The molecule has 0 saturated carbocycles. The van der Waals surface area contributed by atoms with Gasteiger partial charge in [-0.2, -0.15) is 0 Å². The zero-order valence-electron chi connectivity index (χ0n) is 19.1. The largest absolute Gasteiger partial charge is 0.490 e. The lowest BCUT2D eigenvalue weighted by atomic mass is 10.1. The Kier molecular flexibility index (Phi) is 8.27. The number of benzene rings is 1. The summed E-state index contributed by atoms with van der Waals surface area (Å²) in [6.45, 7) is 5.97. The second kappa shape index (κ2) is 11.0. The molecule has 1 N–H and O–H groups in total. The van der Waals surface area contributed by atoms with Gasteiger partial charge in [-0.05, 0) is 66.0 Å². The predicted molar refractivity (Wildman–Crippen MR) is 128 cm³/mol. The van der Waals surface area contributed by atoms with Crippen molar-refractivity contribution in [1.29, 1.82) is 0 Å². The van der Waals surface area contributed by atoms with Crippen LogP contribution in [-0.2, 0) is 16.1 Å². The molecule has 11 heteroatoms. The van der Waals surface area contributed by atoms with Crippen LogP contribution in [0.25, 0.3) is 6.08 Å². The van der Waals surface area contributed by atoms with E-state index in [0.717, 1.165) is 11.3 Å². The van der Waals surface area contributed by atoms with Crippen LogP contribution < -0.4 is 14.8 Å². The van der Waals surface area contributed by atoms with Crippen molar-refractivity contribution < 1.29 is 33.0 Å². The van der Waals surface area contributed by atoms with Crippen molar-refractivity contribution in [1.82, 2.24) is 10.2 Å². The molecule has 0 bridgehead atoms. The number of halogens is 2. The Bertz CT molecular complexity index is 1140. The van der Waals surface area contributed by atoms with Crippen molar-refractivity contribution in [2.45, 2.75) is 39.8 Å². The molecule has 1 aromatic heterocycles. The fourth-order valence-electron chi connectivity index (χ4n) is 3.07. The van der Waals surface area contributed by atoms with E-state index in [9.17, 15) is 14.4 Å². The van der Waals surface area contributed by atoms with Crippen molar-refractivity contribution in [3.05, 3.63) is 50.5 Å². The van der Waals surface area contributed by atoms with Crippen molar-refractivity contribution in [2.24, 2.45) is 0 Å². The molecule has 0 spiro atoms. The third kappa shape index (κ3) is 5.39. The van der Waals surface area contributed by atoms with Crippen molar-refractivity contribution >= 4 is 51.5 Å². The first-order valence-electron chi connectivity index (χ1n) is 10.5. The molecule has 1 aliphatic heterocycles. The van der Waals surface area contributed by atoms with Crippen molar-refractivity contribution in [2.75, 3.05) is 13.7 Å². The highest BCUT2D eigenvalue weighted by atomic mass is 79.9. The first-order chi connectivity index (χ1) is 16.2. The lowest BCUT2D eigenvalue weighted by molar-refractivity contribution is -0.123. The normalized spacial score (nSPS) is 15.5. The maximum absolute atomic E-state index is 12.9. The highest BCUT2D eigenvalue weighted by Crippen LogP contribution is 2.44. The summed E-state index contributed by atoms with van der Waals surface area (Å²) >= 11 is 10.0. The van der Waals surface area contributed by atoms with Crippen LogP contribution >= 0.6 is 27.5 Å². The molecular formula is C23H24BrClN2O7. The molecular weight excluding hydrogens is 532 g/mol. The molecule has 0 unspecified atom stereocenters. The Hall–Kier alpha value is -2.98. The van der Waals surface area contributed by atoms with Gasteiger partial charge in [0.1, 0.15) is 16.5 Å². The minimum absolute atomic E-state index is 0.0259. The molecule has 34 heavy (non-hydrogen) atoms. The lowest BCUT2D eigenvalue weighted by Crippen LogP contribution is -2.30. The maximum Gasteiger partial charge on any atom is 0.373 e. The molecule has 0 radical (unpaired) electrons. The number of amides is 3. The van der Waals surface area contributed by atoms with E-state index < -0.39 is 17.9 Å². The highest BCUT2D eigenvalue weighted by Gasteiger charge is 2.35. The van der Waals surface area contributed by atoms with Gasteiger partial charge in [-0.25, -0.2) is 9.59 Å². The number of furan rings is 1. The van der Waals surface area contributed by atoms with Gasteiger partial charge in [0, 0.05) is 4.47 Å². The Balaban J connectivity index is 1.89. The molecule has 3 rings (SSSR count). The summed E-state index contributed by atoms with van der Waals surface area (Å²) in [5.41, 5.74) is 0.556. The van der Waals surface area contributed by atoms with E-state index in [0.29, 0.717) is 28.1 Å². The van der Waals surface area contributed by atoms with E-state index in [1.54, 1.807) is 6.07 Å². The average molecular weight is 556 g/mol. The molecule has 1 saturated heterocycles. The van der Waals surface area contributed by atoms with Crippen LogP contribution in [0, 0.1) is 0 Å². The van der Waals surface area contributed by atoms with Gasteiger partial charge in [0.2, 0.25) is 5.76 Å². The number of methoxy groups -OCH3 is 1. The molecule has 1 fully saturated rings. The van der Waals surface area contributed by atoms with Crippen molar-refractivity contribution in [3.63, 3.8) is 0 Å². The number of nitrogens with one attached hydrogen (secondary N) is 1. The van der Waals surface area contributed by atoms with E-state index in [4.69, 9.17) is 25.5 Å². The molecule has 1 aromatic carbocycles. The van der Waals surface area contributed by atoms with E-state index in [1.165, 1.54) is 25.3 Å². The molecule has 0 aliphatic carbocycles. The number of carbonyl (C=O) groups is 3. The number of imide groups is 1. The second-order valence-corrected chi connectivity index (χ2v) is 8.50. The number of hydrogen-bond donors (Lipinski definition) is 1. The van der Waals surface area contributed by atoms with Crippen LogP contribution in [-0.4, -0.2) is 42.6 Å². The zero-order valence-corrected chi connectivity index (χ0v) is 21.4. The summed E-state index contributed by atoms with van der Waals surface area (Å²) in [7, 11) is 1.23. The minimum atomic E-state index is -0.656. The van der Waals surface area contributed by atoms with Crippen LogP contribution in [0.4, 0.5) is 4.79 Å². The highest BCUT2D eigenvalue weighted by molar-refractivity contribution is 9.10. The summed E-state index contributed by atoms with van der Waals surface area (Å²) in [6.07, 6.45) is 2.19. The van der Waals surface area contributed by atoms with E-state index in [1.807, 2.05) is 20.8 Å². The Morgan fingerprint density at radius 3 is 2.71 bits per heavy atom. The number of hydrogen-bond acceptors (Lipinski definition) is 7. The monoisotopic (exact) mass is 554 g/mol. The first kappa shape index (κ1) is 25.6. The average Bonchev–Trinajstić information content (AvgIpc) is 3.39. The summed E-state index contributed by atoms with van der Waals surface area (Å²) in [4.78, 5) is 37.9. The van der Waals surface area contributed by atoms with Crippen molar-refractivity contribution in [3.8, 4) is 11.5 Å². The van der Waals surface area contributed by atoms with Gasteiger partial charge >= 0.3 is 12.0 Å². The van der Waals surface area contributed by atoms with Gasteiger partial charge < -0.3 is 23.9 Å². The Morgan fingerprint density at radius 2 is 2.06 bits per heavy atom. The Labute approximate surface area is 210 Å². The smallest absolute Gasteiger partial charge is 0.373 e. The second-order valence-electron chi connectivity index (χ2n) is 7.33. The lowest BCUT2D eigenvalue weighted by Gasteiger charge is -2.19. The predicted octanol–water partition coefficient (Wildman–Crippen LogP) is 5.15. The van der Waals surface area contributed by atoms with Gasteiger partial charge in [-0.1, -0.05) is 18.5 Å². The summed E-state index contributed by atoms with van der Waals surface area (Å²) in [6, 6.07) is 3.96. The first-order valence-corrected chi connectivity index (χ1v) is 11.7. The number of carbonyl (C=O) groups excluding carboxylic acids is 3. The molecule has 3 amide bonds. The fourth-order valence-corrected chi connectivity index (χ4v) is 3.72. The maximum atomic E-state index is 12.9. The number of nitrogens with zero attached hydrogens (tertiary/aromatic N) is 1. The minimum Gasteiger partial charge on any atom is -0.490 e. The fraction of sp³-hybridized carbons (Fsp3) is 0.348. The van der Waals surface area contributed by atoms with E-state index in [2.05, 4.69) is 26.0 Å². The SMILES string of the molecule is CCOc1cc(/C=C2\NC(=O)N(Cc3ccc(C(=O)OC)o3)C2=O)c(Br)c(Cl)c1O[C@@H](C)CC. The number of esters is 1. The summed E-state index contributed by atoms with van der Waals surface area (Å²) < 4.78 is 22.1. The van der Waals surface area contributed by atoms with Gasteiger partial charge in [0.25, 0.3) is 5.91 Å². The third-order valence-corrected chi connectivity index (χ3v) is 6.42. The zero-order chi connectivity index (χ0) is 25.0. The molecule has 182 valence electrons. The number of urea groups is 1. The van der Waals surface area contributed by atoms with Gasteiger partial charge in [-0.15, -0.1) is 0 Å². The molecule has 1 aliphatic rings. The van der Waals surface area contributed by atoms with E-state index >= 15 is 0 Å². The Morgan fingerprint density at radius 1 is 1.32 bits per heavy atom. The van der Waals surface area contributed by atoms with Gasteiger partial charge in [0.15, 0.2) is 11.5 Å². The van der Waals surface area contributed by atoms with Crippen LogP contribution in [0.5, 0.6) is 11.5 Å².